The van der Waals surface area contributed by atoms with Crippen molar-refractivity contribution >= 4 is 46.0 Å². The predicted molar refractivity (Wildman–Crippen MR) is 144 cm³/mol. The van der Waals surface area contributed by atoms with Gasteiger partial charge in [-0.25, -0.2) is 8.42 Å². The Morgan fingerprint density at radius 2 is 1.64 bits per heavy atom. The number of halogens is 2. The molecule has 7 nitrogen and oxygen atoms in total. The largest absolute Gasteiger partial charge is 0.396 e. The molecule has 0 bridgehead atoms. The van der Waals surface area contributed by atoms with Gasteiger partial charge in [0, 0.05) is 61.6 Å². The minimum absolute atomic E-state index is 0. The first-order valence-electron chi connectivity index (χ1n) is 11.3. The number of benzene rings is 2. The van der Waals surface area contributed by atoms with Crippen molar-refractivity contribution in [2.24, 2.45) is 0 Å². The van der Waals surface area contributed by atoms with E-state index in [4.69, 9.17) is 11.6 Å². The number of aliphatic hydroxyl groups is 1. The summed E-state index contributed by atoms with van der Waals surface area (Å²) in [4.78, 5) is 19.1. The third-order valence-electron chi connectivity index (χ3n) is 5.85. The zero-order valence-corrected chi connectivity index (χ0v) is 21.8. The van der Waals surface area contributed by atoms with Crippen molar-refractivity contribution < 1.29 is 18.3 Å². The number of piperazine rings is 1. The topological polar surface area (TPSA) is 90.8 Å². The molecule has 190 valence electrons. The van der Waals surface area contributed by atoms with E-state index in [0.717, 1.165) is 11.3 Å². The van der Waals surface area contributed by atoms with Crippen molar-refractivity contribution in [3.05, 3.63) is 94.0 Å². The molecule has 3 aromatic rings. The Bertz CT molecular complexity index is 1290. The van der Waals surface area contributed by atoms with Crippen molar-refractivity contribution in [2.45, 2.75) is 6.42 Å². The number of hydrogen-bond donors (Lipinski definition) is 1. The molecule has 4 rings (SSSR count). The maximum Gasteiger partial charge on any atom is 0.253 e. The number of hydrogen-bond acceptors (Lipinski definition) is 5. The second-order valence-electron chi connectivity index (χ2n) is 8.12. The average Bonchev–Trinajstić information content (AvgIpc) is 2.90. The van der Waals surface area contributed by atoms with Gasteiger partial charge in [-0.15, -0.1) is 12.4 Å². The van der Waals surface area contributed by atoms with Gasteiger partial charge in [-0.3, -0.25) is 9.78 Å². The molecule has 1 aromatic heterocycles. The molecule has 0 atom stereocenters. The Morgan fingerprint density at radius 3 is 2.22 bits per heavy atom. The molecule has 1 saturated heterocycles. The number of carbonyl (C=O) groups excluding carboxylic acids is 1. The molecule has 2 aromatic carbocycles. The summed E-state index contributed by atoms with van der Waals surface area (Å²) in [7, 11) is -3.79. The lowest BCUT2D eigenvalue weighted by Gasteiger charge is -2.34. The quantitative estimate of drug-likeness (QED) is 0.475. The zero-order valence-electron chi connectivity index (χ0n) is 19.5. The number of rotatable bonds is 7. The standard InChI is InChI=1S/C26H26ClN3O4S.ClH/c27-23-10-4-20(5-11-23)19-24(12-18-31)35(33,34)30-16-14-29(15-17-30)26(32)22-8-6-21(7-9-22)25-3-1-2-13-28-25;/h1-11,13,19,31H,12,14-18H2;1H/b24-19-;. The highest BCUT2D eigenvalue weighted by Crippen LogP contribution is 2.23. The van der Waals surface area contributed by atoms with Gasteiger partial charge in [-0.05, 0) is 48.0 Å². The fraction of sp³-hybridized carbons (Fsp3) is 0.231. The van der Waals surface area contributed by atoms with E-state index in [2.05, 4.69) is 4.98 Å². The molecule has 1 aliphatic heterocycles. The molecule has 36 heavy (non-hydrogen) atoms. The van der Waals surface area contributed by atoms with Crippen LogP contribution in [-0.4, -0.2) is 66.4 Å². The number of amides is 1. The van der Waals surface area contributed by atoms with Crippen LogP contribution in [0.1, 0.15) is 22.3 Å². The maximum atomic E-state index is 13.3. The molecule has 1 N–H and O–H groups in total. The first-order chi connectivity index (χ1) is 16.9. The first kappa shape index (κ1) is 27.8. The van der Waals surface area contributed by atoms with Crippen LogP contribution >= 0.6 is 24.0 Å². The predicted octanol–water partition coefficient (Wildman–Crippen LogP) is 4.33. The number of aliphatic hydroxyl groups excluding tert-OH is 1. The van der Waals surface area contributed by atoms with E-state index in [1.807, 2.05) is 30.3 Å². The lowest BCUT2D eigenvalue weighted by molar-refractivity contribution is 0.0698. The van der Waals surface area contributed by atoms with Gasteiger partial charge in [-0.1, -0.05) is 41.9 Å². The van der Waals surface area contributed by atoms with E-state index in [1.54, 1.807) is 53.6 Å². The number of nitrogens with zero attached hydrogens (tertiary/aromatic N) is 3. The lowest BCUT2D eigenvalue weighted by atomic mass is 10.1. The molecule has 2 heterocycles. The number of aromatic nitrogens is 1. The number of carbonyl (C=O) groups is 1. The second-order valence-corrected chi connectivity index (χ2v) is 10.6. The Balaban J connectivity index is 0.00000361. The molecule has 1 aliphatic rings. The summed E-state index contributed by atoms with van der Waals surface area (Å²) in [5.41, 5.74) is 2.98. The third kappa shape index (κ3) is 6.52. The van der Waals surface area contributed by atoms with E-state index in [0.29, 0.717) is 16.1 Å². The van der Waals surface area contributed by atoms with E-state index >= 15 is 0 Å². The summed E-state index contributed by atoms with van der Waals surface area (Å²) in [5.74, 6) is -0.137. The SMILES string of the molecule is Cl.O=C(c1ccc(-c2ccccn2)cc1)N1CCN(S(=O)(=O)/C(=C\c2ccc(Cl)cc2)CCO)CC1. The average molecular weight is 548 g/mol. The summed E-state index contributed by atoms with van der Waals surface area (Å²) < 4.78 is 27.9. The van der Waals surface area contributed by atoms with Crippen LogP contribution in [0.15, 0.2) is 77.8 Å². The van der Waals surface area contributed by atoms with Crippen LogP contribution in [0, 0.1) is 0 Å². The van der Waals surface area contributed by atoms with Gasteiger partial charge in [0.1, 0.15) is 0 Å². The molecule has 0 aliphatic carbocycles. The summed E-state index contributed by atoms with van der Waals surface area (Å²) in [6.45, 7) is 0.652. The number of pyridine rings is 1. The summed E-state index contributed by atoms with van der Waals surface area (Å²) in [5, 5.41) is 10.0. The first-order valence-corrected chi connectivity index (χ1v) is 13.1. The molecule has 0 unspecified atom stereocenters. The molecule has 0 saturated carbocycles. The lowest BCUT2D eigenvalue weighted by Crippen LogP contribution is -2.50. The zero-order chi connectivity index (χ0) is 24.8. The van der Waals surface area contributed by atoms with Gasteiger partial charge >= 0.3 is 0 Å². The van der Waals surface area contributed by atoms with E-state index in [9.17, 15) is 18.3 Å². The molecule has 1 fully saturated rings. The highest BCUT2D eigenvalue weighted by molar-refractivity contribution is 7.93. The maximum absolute atomic E-state index is 13.3. The Kier molecular flexibility index (Phi) is 9.64. The van der Waals surface area contributed by atoms with Crippen LogP contribution in [0.5, 0.6) is 0 Å². The number of sulfonamides is 1. The molecule has 0 radical (unpaired) electrons. The van der Waals surface area contributed by atoms with Crippen LogP contribution in [0.3, 0.4) is 0 Å². The third-order valence-corrected chi connectivity index (χ3v) is 8.13. The highest BCUT2D eigenvalue weighted by Gasteiger charge is 2.31. The van der Waals surface area contributed by atoms with Gasteiger partial charge in [-0.2, -0.15) is 4.31 Å². The van der Waals surface area contributed by atoms with Gasteiger partial charge in [0.05, 0.1) is 10.6 Å². The minimum Gasteiger partial charge on any atom is -0.396 e. The van der Waals surface area contributed by atoms with Gasteiger partial charge in [0.2, 0.25) is 10.0 Å². The molecular formula is C26H27Cl2N3O4S. The van der Waals surface area contributed by atoms with Crippen LogP contribution in [0.4, 0.5) is 0 Å². The van der Waals surface area contributed by atoms with Crippen molar-refractivity contribution in [1.29, 1.82) is 0 Å². The fourth-order valence-corrected chi connectivity index (χ4v) is 5.66. The molecular weight excluding hydrogens is 521 g/mol. The Labute approximate surface area is 222 Å². The van der Waals surface area contributed by atoms with Gasteiger partial charge in [0.25, 0.3) is 5.91 Å². The molecule has 10 heteroatoms. The van der Waals surface area contributed by atoms with Gasteiger partial charge in [0.15, 0.2) is 0 Å². The van der Waals surface area contributed by atoms with Crippen LogP contribution < -0.4 is 0 Å². The minimum atomic E-state index is -3.79. The normalized spacial score (nSPS) is 14.8. The van der Waals surface area contributed by atoms with E-state index in [1.165, 1.54) is 4.31 Å². The van der Waals surface area contributed by atoms with Crippen molar-refractivity contribution in [3.63, 3.8) is 0 Å². The summed E-state index contributed by atoms with van der Waals surface area (Å²) >= 11 is 5.92. The van der Waals surface area contributed by atoms with Crippen LogP contribution in [0.2, 0.25) is 5.02 Å². The smallest absolute Gasteiger partial charge is 0.253 e. The Morgan fingerprint density at radius 1 is 0.972 bits per heavy atom. The van der Waals surface area contributed by atoms with Gasteiger partial charge < -0.3 is 10.0 Å². The van der Waals surface area contributed by atoms with Crippen LogP contribution in [-0.2, 0) is 10.0 Å². The second kappa shape index (κ2) is 12.5. The highest BCUT2D eigenvalue weighted by atomic mass is 35.5. The monoisotopic (exact) mass is 547 g/mol. The summed E-state index contributed by atoms with van der Waals surface area (Å²) in [6.07, 6.45) is 3.29. The fourth-order valence-electron chi connectivity index (χ4n) is 3.93. The van der Waals surface area contributed by atoms with Crippen molar-refractivity contribution in [1.82, 2.24) is 14.2 Å². The summed E-state index contributed by atoms with van der Waals surface area (Å²) in [6, 6.07) is 19.7. The Hall–Kier alpha value is -2.75. The van der Waals surface area contributed by atoms with Crippen molar-refractivity contribution in [3.8, 4) is 11.3 Å². The van der Waals surface area contributed by atoms with Crippen molar-refractivity contribution in [2.75, 3.05) is 32.8 Å². The van der Waals surface area contributed by atoms with E-state index in [-0.39, 0.29) is 62.4 Å². The molecule has 0 spiro atoms. The molecule has 1 amide bonds. The van der Waals surface area contributed by atoms with E-state index < -0.39 is 10.0 Å². The van der Waals surface area contributed by atoms with Crippen LogP contribution in [0.25, 0.3) is 17.3 Å².